The van der Waals surface area contributed by atoms with Gasteiger partial charge >= 0.3 is 0 Å². The SMILES string of the molecule is [C-]#[N+]/C(C#N)=C1C=C(/C=C/c2cc3c4c(c2)OCCN4CCC3)C2CC/1C2(C)C. The van der Waals surface area contributed by atoms with E-state index in [9.17, 15) is 5.26 Å². The average molecular weight is 383 g/mol. The molecule has 6 rings (SSSR count). The summed E-state index contributed by atoms with van der Waals surface area (Å²) in [5.41, 5.74) is 6.35. The molecule has 0 amide bonds. The van der Waals surface area contributed by atoms with Crippen LogP contribution in [0.1, 0.15) is 37.8 Å². The van der Waals surface area contributed by atoms with E-state index in [0.717, 1.165) is 43.9 Å². The molecule has 146 valence electrons. The van der Waals surface area contributed by atoms with Crippen molar-refractivity contribution in [1.29, 1.82) is 5.26 Å². The van der Waals surface area contributed by atoms with E-state index < -0.39 is 0 Å². The van der Waals surface area contributed by atoms with Gasteiger partial charge in [-0.25, -0.2) is 10.1 Å². The molecule has 2 unspecified atom stereocenters. The van der Waals surface area contributed by atoms with Crippen LogP contribution in [-0.4, -0.2) is 19.7 Å². The second-order valence-corrected chi connectivity index (χ2v) is 9.13. The van der Waals surface area contributed by atoms with Gasteiger partial charge in [-0.05, 0) is 70.9 Å². The molecular formula is C25H25N3O. The summed E-state index contributed by atoms with van der Waals surface area (Å²) in [4.78, 5) is 5.94. The van der Waals surface area contributed by atoms with Crippen molar-refractivity contribution in [3.8, 4) is 11.8 Å². The van der Waals surface area contributed by atoms with Gasteiger partial charge < -0.3 is 9.64 Å². The fourth-order valence-corrected chi connectivity index (χ4v) is 5.65. The van der Waals surface area contributed by atoms with Gasteiger partial charge in [0.1, 0.15) is 12.4 Å². The van der Waals surface area contributed by atoms with Crippen molar-refractivity contribution < 1.29 is 4.74 Å². The third-order valence-corrected chi connectivity index (χ3v) is 7.31. The predicted molar refractivity (Wildman–Crippen MR) is 114 cm³/mol. The highest BCUT2D eigenvalue weighted by molar-refractivity contribution is 5.71. The minimum absolute atomic E-state index is 0.0992. The van der Waals surface area contributed by atoms with E-state index in [2.05, 4.69) is 60.0 Å². The van der Waals surface area contributed by atoms with Crippen LogP contribution in [0, 0.1) is 35.2 Å². The molecule has 1 fully saturated rings. The Morgan fingerprint density at radius 2 is 2.17 bits per heavy atom. The number of ether oxygens (including phenoxy) is 1. The monoisotopic (exact) mass is 383 g/mol. The van der Waals surface area contributed by atoms with E-state index in [1.54, 1.807) is 0 Å². The quantitative estimate of drug-likeness (QED) is 0.524. The molecule has 2 heterocycles. The van der Waals surface area contributed by atoms with Crippen LogP contribution in [0.3, 0.4) is 0 Å². The molecule has 4 nitrogen and oxygen atoms in total. The minimum atomic E-state index is 0.0992. The standard InChI is InChI=1S/C25H25N3O/c1-25(2)20-14-21(25)19(22(15-26)27-3)13-17(20)7-6-16-11-18-5-4-8-28-9-10-29-23(12-16)24(18)28/h6-7,11-13,20-21H,4-5,8-10,14H2,1-2H3/b7-6+,22-19-. The number of hydrogen-bond donors (Lipinski definition) is 0. The van der Waals surface area contributed by atoms with Crippen LogP contribution in [-0.2, 0) is 6.42 Å². The Hall–Kier alpha value is -2.98. The lowest BCUT2D eigenvalue weighted by molar-refractivity contribution is 0.0261. The summed E-state index contributed by atoms with van der Waals surface area (Å²) in [6.07, 6.45) is 9.80. The molecular weight excluding hydrogens is 358 g/mol. The van der Waals surface area contributed by atoms with E-state index in [4.69, 9.17) is 11.3 Å². The highest BCUT2D eigenvalue weighted by Gasteiger charge is 2.53. The Morgan fingerprint density at radius 3 is 2.93 bits per heavy atom. The van der Waals surface area contributed by atoms with E-state index in [-0.39, 0.29) is 11.1 Å². The molecule has 2 aliphatic heterocycles. The van der Waals surface area contributed by atoms with Crippen LogP contribution in [0.2, 0.25) is 0 Å². The first-order chi connectivity index (χ1) is 14.0. The summed E-state index contributed by atoms with van der Waals surface area (Å²) in [5.74, 6) is 1.82. The fraction of sp³-hybridized carbons (Fsp3) is 0.440. The lowest BCUT2D eigenvalue weighted by Gasteiger charge is -2.57. The topological polar surface area (TPSA) is 40.6 Å². The van der Waals surface area contributed by atoms with E-state index in [0.29, 0.717) is 11.8 Å². The molecule has 0 spiro atoms. The zero-order valence-corrected chi connectivity index (χ0v) is 17.0. The normalized spacial score (nSPS) is 27.7. The number of anilines is 1. The van der Waals surface area contributed by atoms with Crippen molar-refractivity contribution in [3.63, 3.8) is 0 Å². The average Bonchev–Trinajstić information content (AvgIpc) is 2.73. The Morgan fingerprint density at radius 1 is 1.31 bits per heavy atom. The largest absolute Gasteiger partial charge is 0.490 e. The van der Waals surface area contributed by atoms with Gasteiger partial charge in [0.25, 0.3) is 5.70 Å². The molecule has 5 aliphatic rings. The van der Waals surface area contributed by atoms with E-state index >= 15 is 0 Å². The lowest BCUT2D eigenvalue weighted by atomic mass is 9.47. The number of benzene rings is 1. The smallest absolute Gasteiger partial charge is 0.265 e. The minimum Gasteiger partial charge on any atom is -0.490 e. The van der Waals surface area contributed by atoms with Gasteiger partial charge in [0.15, 0.2) is 0 Å². The molecule has 1 aromatic rings. The van der Waals surface area contributed by atoms with E-state index in [1.807, 2.05) is 0 Å². The first-order valence-electron chi connectivity index (χ1n) is 10.5. The highest BCUT2D eigenvalue weighted by atomic mass is 16.5. The predicted octanol–water partition coefficient (Wildman–Crippen LogP) is 5.14. The number of fused-ring (bicyclic) bond motifs is 1. The Bertz CT molecular complexity index is 1010. The van der Waals surface area contributed by atoms with Crippen molar-refractivity contribution in [2.45, 2.75) is 33.1 Å². The summed E-state index contributed by atoms with van der Waals surface area (Å²) in [6.45, 7) is 14.8. The number of hydrogen-bond acceptors (Lipinski definition) is 3. The van der Waals surface area contributed by atoms with Gasteiger partial charge in [0.05, 0.1) is 24.9 Å². The van der Waals surface area contributed by atoms with Crippen molar-refractivity contribution in [2.24, 2.45) is 17.3 Å². The number of nitrogens with zero attached hydrogens (tertiary/aromatic N) is 3. The second-order valence-electron chi connectivity index (χ2n) is 9.13. The van der Waals surface area contributed by atoms with Crippen molar-refractivity contribution in [2.75, 3.05) is 24.6 Å². The Balaban J connectivity index is 1.52. The zero-order chi connectivity index (χ0) is 20.2. The van der Waals surface area contributed by atoms with Crippen LogP contribution in [0.5, 0.6) is 5.75 Å². The fourth-order valence-electron chi connectivity index (χ4n) is 5.65. The third kappa shape index (κ3) is 2.70. The number of rotatable bonds is 2. The van der Waals surface area contributed by atoms with E-state index in [1.165, 1.54) is 28.8 Å². The molecule has 0 radical (unpaired) electrons. The molecule has 1 aromatic carbocycles. The van der Waals surface area contributed by atoms with Gasteiger partial charge in [-0.3, -0.25) is 0 Å². The van der Waals surface area contributed by atoms with Crippen LogP contribution in [0.4, 0.5) is 5.69 Å². The summed E-state index contributed by atoms with van der Waals surface area (Å²) >= 11 is 0. The molecule has 0 aromatic heterocycles. The second kappa shape index (κ2) is 6.53. The summed E-state index contributed by atoms with van der Waals surface area (Å²) in [5, 5.41) is 9.39. The Kier molecular flexibility index (Phi) is 4.07. The molecule has 0 saturated heterocycles. The van der Waals surface area contributed by atoms with Gasteiger partial charge in [0, 0.05) is 6.54 Å². The molecule has 1 saturated carbocycles. The number of allylic oxidation sites excluding steroid dienone is 5. The van der Waals surface area contributed by atoms with Crippen molar-refractivity contribution in [1.82, 2.24) is 0 Å². The maximum Gasteiger partial charge on any atom is 0.265 e. The van der Waals surface area contributed by atoms with Crippen LogP contribution < -0.4 is 9.64 Å². The van der Waals surface area contributed by atoms with Crippen LogP contribution in [0.15, 0.2) is 41.1 Å². The lowest BCUT2D eigenvalue weighted by Crippen LogP contribution is -2.49. The van der Waals surface area contributed by atoms with Crippen molar-refractivity contribution in [3.05, 3.63) is 63.7 Å². The third-order valence-electron chi connectivity index (χ3n) is 7.31. The first-order valence-corrected chi connectivity index (χ1v) is 10.5. The van der Waals surface area contributed by atoms with Gasteiger partial charge in [-0.2, -0.15) is 0 Å². The highest BCUT2D eigenvalue weighted by Crippen LogP contribution is 2.62. The first kappa shape index (κ1) is 18.1. The zero-order valence-electron chi connectivity index (χ0n) is 17.0. The number of nitriles is 1. The molecule has 4 heteroatoms. The van der Waals surface area contributed by atoms with Gasteiger partial charge in [-0.15, -0.1) is 0 Å². The number of aryl methyl sites for hydroxylation is 1. The van der Waals surface area contributed by atoms with Crippen LogP contribution >= 0.6 is 0 Å². The van der Waals surface area contributed by atoms with Crippen molar-refractivity contribution >= 4 is 11.8 Å². The molecule has 0 N–H and O–H groups in total. The maximum absolute atomic E-state index is 9.39. The summed E-state index contributed by atoms with van der Waals surface area (Å²) in [6, 6.07) is 6.55. The molecule has 2 bridgehead atoms. The molecule has 2 atom stereocenters. The molecule has 29 heavy (non-hydrogen) atoms. The summed E-state index contributed by atoms with van der Waals surface area (Å²) < 4.78 is 5.98. The maximum atomic E-state index is 9.39. The van der Waals surface area contributed by atoms with Crippen LogP contribution in [0.25, 0.3) is 10.9 Å². The molecule has 3 aliphatic carbocycles. The summed E-state index contributed by atoms with van der Waals surface area (Å²) in [7, 11) is 0. The van der Waals surface area contributed by atoms with Gasteiger partial charge in [-0.1, -0.05) is 32.1 Å². The van der Waals surface area contributed by atoms with Gasteiger partial charge in [0.2, 0.25) is 0 Å². The Labute approximate surface area is 172 Å².